The molecule has 0 unspecified atom stereocenters. The summed E-state index contributed by atoms with van der Waals surface area (Å²) in [5.74, 6) is 1.12. The first-order chi connectivity index (χ1) is 9.97. The van der Waals surface area contributed by atoms with Crippen molar-refractivity contribution in [2.45, 2.75) is 17.2 Å². The van der Waals surface area contributed by atoms with Crippen LogP contribution in [0.2, 0.25) is 0 Å². The molecule has 0 aliphatic carbocycles. The number of aromatic amines is 1. The number of H-pyrrole nitrogens is 1. The minimum Gasteiger partial charge on any atom is -0.383 e. The van der Waals surface area contributed by atoms with E-state index in [0.29, 0.717) is 28.8 Å². The lowest BCUT2D eigenvalue weighted by Gasteiger charge is -2.12. The molecule has 0 saturated carbocycles. The van der Waals surface area contributed by atoms with Crippen molar-refractivity contribution < 1.29 is 0 Å². The smallest absolute Gasteiger partial charge is 0.253 e. The second kappa shape index (κ2) is 6.39. The van der Waals surface area contributed by atoms with Crippen molar-refractivity contribution in [2.75, 3.05) is 36.6 Å². The highest BCUT2D eigenvalue weighted by molar-refractivity contribution is 7.99. The van der Waals surface area contributed by atoms with Gasteiger partial charge in [0.1, 0.15) is 5.82 Å². The SMILES string of the molecule is CCNc1nc(Sc2nc(N)cc(=O)[nH]2)nc(N(C)C)n1. The van der Waals surface area contributed by atoms with Crippen LogP contribution in [-0.4, -0.2) is 45.6 Å². The fourth-order valence-electron chi connectivity index (χ4n) is 1.42. The minimum atomic E-state index is -0.321. The highest BCUT2D eigenvalue weighted by Crippen LogP contribution is 2.22. The van der Waals surface area contributed by atoms with E-state index >= 15 is 0 Å². The number of aromatic nitrogens is 5. The maximum Gasteiger partial charge on any atom is 0.253 e. The number of rotatable bonds is 5. The Balaban J connectivity index is 2.35. The van der Waals surface area contributed by atoms with Crippen LogP contribution in [0.25, 0.3) is 0 Å². The Bertz CT molecular complexity index is 686. The van der Waals surface area contributed by atoms with E-state index in [1.807, 2.05) is 21.0 Å². The molecule has 2 aromatic heterocycles. The number of anilines is 3. The molecule has 0 atom stereocenters. The van der Waals surface area contributed by atoms with E-state index in [0.717, 1.165) is 11.8 Å². The number of hydrogen-bond acceptors (Lipinski definition) is 9. The first-order valence-corrected chi connectivity index (χ1v) is 7.01. The minimum absolute atomic E-state index is 0.148. The molecule has 2 rings (SSSR count). The summed E-state index contributed by atoms with van der Waals surface area (Å²) >= 11 is 1.11. The monoisotopic (exact) mass is 308 g/mol. The number of nitrogens with two attached hydrogens (primary N) is 1. The summed E-state index contributed by atoms with van der Waals surface area (Å²) in [6.07, 6.45) is 0. The van der Waals surface area contributed by atoms with Crippen molar-refractivity contribution in [3.05, 3.63) is 16.4 Å². The molecule has 2 aromatic rings. The maximum atomic E-state index is 11.4. The van der Waals surface area contributed by atoms with Crippen LogP contribution in [0.5, 0.6) is 0 Å². The topological polar surface area (TPSA) is 126 Å². The fraction of sp³-hybridized carbons (Fsp3) is 0.364. The maximum absolute atomic E-state index is 11.4. The lowest BCUT2D eigenvalue weighted by molar-refractivity contribution is 0.855. The van der Waals surface area contributed by atoms with Crippen molar-refractivity contribution >= 4 is 29.5 Å². The molecule has 9 nitrogen and oxygen atoms in total. The number of hydrogen-bond donors (Lipinski definition) is 3. The van der Waals surface area contributed by atoms with E-state index in [1.165, 1.54) is 6.07 Å². The molecule has 0 spiro atoms. The van der Waals surface area contributed by atoms with Crippen LogP contribution in [0.15, 0.2) is 21.2 Å². The van der Waals surface area contributed by atoms with Crippen LogP contribution in [-0.2, 0) is 0 Å². The first-order valence-electron chi connectivity index (χ1n) is 6.20. The van der Waals surface area contributed by atoms with Gasteiger partial charge in [-0.2, -0.15) is 15.0 Å². The van der Waals surface area contributed by atoms with E-state index in [4.69, 9.17) is 5.73 Å². The van der Waals surface area contributed by atoms with Gasteiger partial charge in [0.15, 0.2) is 5.16 Å². The molecular formula is C11H16N8OS. The largest absolute Gasteiger partial charge is 0.383 e. The van der Waals surface area contributed by atoms with Gasteiger partial charge in [0.25, 0.3) is 5.56 Å². The molecular weight excluding hydrogens is 292 g/mol. The van der Waals surface area contributed by atoms with E-state index in [1.54, 1.807) is 4.90 Å². The Morgan fingerprint density at radius 2 is 2.10 bits per heavy atom. The fourth-order valence-corrected chi connectivity index (χ4v) is 2.15. The van der Waals surface area contributed by atoms with E-state index in [-0.39, 0.29) is 11.4 Å². The zero-order valence-corrected chi connectivity index (χ0v) is 12.7. The summed E-state index contributed by atoms with van der Waals surface area (Å²) in [6, 6.07) is 1.22. The highest BCUT2D eigenvalue weighted by Gasteiger charge is 2.11. The molecule has 0 bridgehead atoms. The first kappa shape index (κ1) is 15.0. The van der Waals surface area contributed by atoms with Gasteiger partial charge in [-0.3, -0.25) is 4.79 Å². The van der Waals surface area contributed by atoms with Crippen molar-refractivity contribution in [2.24, 2.45) is 0 Å². The van der Waals surface area contributed by atoms with E-state index in [2.05, 4.69) is 30.2 Å². The number of nitrogens with zero attached hydrogens (tertiary/aromatic N) is 5. The standard InChI is InChI=1S/C11H16N8OS/c1-4-13-8-16-9(19(2)3)18-11(17-8)21-10-14-6(12)5-7(20)15-10/h5H,4H2,1-3H3,(H3,12,14,15,20)(H,13,16,17,18). The molecule has 0 saturated heterocycles. The lowest BCUT2D eigenvalue weighted by atomic mass is 10.6. The zero-order valence-electron chi connectivity index (χ0n) is 11.9. The Kier molecular flexibility index (Phi) is 4.58. The predicted molar refractivity (Wildman–Crippen MR) is 81.7 cm³/mol. The van der Waals surface area contributed by atoms with Crippen molar-refractivity contribution in [1.29, 1.82) is 0 Å². The third-order valence-corrected chi connectivity index (χ3v) is 3.02. The molecule has 0 amide bonds. The second-order valence-electron chi connectivity index (χ2n) is 4.24. The van der Waals surface area contributed by atoms with E-state index < -0.39 is 0 Å². The van der Waals surface area contributed by atoms with Gasteiger partial charge in [0, 0.05) is 26.7 Å². The van der Waals surface area contributed by atoms with Crippen LogP contribution in [0.1, 0.15) is 6.92 Å². The molecule has 112 valence electrons. The predicted octanol–water partition coefficient (Wildman–Crippen LogP) is 0.186. The van der Waals surface area contributed by atoms with Crippen LogP contribution < -0.4 is 21.5 Å². The van der Waals surface area contributed by atoms with E-state index in [9.17, 15) is 4.79 Å². The van der Waals surface area contributed by atoms with Gasteiger partial charge in [-0.25, -0.2) is 4.98 Å². The van der Waals surface area contributed by atoms with Crippen LogP contribution >= 0.6 is 11.8 Å². The lowest BCUT2D eigenvalue weighted by Crippen LogP contribution is -2.16. The van der Waals surface area contributed by atoms with Crippen LogP contribution in [0, 0.1) is 0 Å². The Morgan fingerprint density at radius 3 is 2.71 bits per heavy atom. The second-order valence-corrected chi connectivity index (χ2v) is 5.20. The molecule has 0 aliphatic rings. The van der Waals surface area contributed by atoms with Crippen LogP contribution in [0.4, 0.5) is 17.7 Å². The Hall–Kier alpha value is -2.36. The zero-order chi connectivity index (χ0) is 15.4. The molecule has 0 fully saturated rings. The van der Waals surface area contributed by atoms with Gasteiger partial charge in [-0.15, -0.1) is 0 Å². The summed E-state index contributed by atoms with van der Waals surface area (Å²) in [5.41, 5.74) is 5.23. The van der Waals surface area contributed by atoms with Gasteiger partial charge in [0.2, 0.25) is 17.1 Å². The molecule has 4 N–H and O–H groups in total. The number of nitrogens with one attached hydrogen (secondary N) is 2. The third kappa shape index (κ3) is 4.05. The van der Waals surface area contributed by atoms with Crippen molar-refractivity contribution in [3.63, 3.8) is 0 Å². The normalized spacial score (nSPS) is 10.4. The van der Waals surface area contributed by atoms with Gasteiger partial charge in [0.05, 0.1) is 0 Å². The summed E-state index contributed by atoms with van der Waals surface area (Å²) in [4.78, 5) is 32.6. The highest BCUT2D eigenvalue weighted by atomic mass is 32.2. The Labute approximate surface area is 125 Å². The molecule has 10 heteroatoms. The number of nitrogen functional groups attached to an aromatic ring is 1. The summed E-state index contributed by atoms with van der Waals surface area (Å²) in [5, 5.41) is 3.78. The summed E-state index contributed by atoms with van der Waals surface area (Å²) < 4.78 is 0. The molecule has 0 radical (unpaired) electrons. The third-order valence-electron chi connectivity index (χ3n) is 2.27. The Morgan fingerprint density at radius 1 is 1.33 bits per heavy atom. The van der Waals surface area contributed by atoms with Crippen molar-refractivity contribution in [3.8, 4) is 0 Å². The van der Waals surface area contributed by atoms with Crippen molar-refractivity contribution in [1.82, 2.24) is 24.9 Å². The summed E-state index contributed by atoms with van der Waals surface area (Å²) in [7, 11) is 3.67. The molecule has 0 aliphatic heterocycles. The molecule has 0 aromatic carbocycles. The van der Waals surface area contributed by atoms with Gasteiger partial charge in [-0.1, -0.05) is 0 Å². The van der Waals surface area contributed by atoms with Gasteiger partial charge < -0.3 is 20.9 Å². The van der Waals surface area contributed by atoms with Gasteiger partial charge >= 0.3 is 0 Å². The van der Waals surface area contributed by atoms with Gasteiger partial charge in [-0.05, 0) is 18.7 Å². The molecule has 21 heavy (non-hydrogen) atoms. The quantitative estimate of drug-likeness (QED) is 0.663. The summed E-state index contributed by atoms with van der Waals surface area (Å²) in [6.45, 7) is 2.64. The molecule has 2 heterocycles. The average molecular weight is 308 g/mol. The average Bonchev–Trinajstić information content (AvgIpc) is 2.37. The van der Waals surface area contributed by atoms with Crippen LogP contribution in [0.3, 0.4) is 0 Å².